The minimum Gasteiger partial charge on any atom is -0.463 e. The highest BCUT2D eigenvalue weighted by Gasteiger charge is 2.13. The summed E-state index contributed by atoms with van der Waals surface area (Å²) in [7, 11) is 0. The maximum atomic E-state index is 11.4. The Balaban J connectivity index is 3.42. The number of carbonyl (C=O) groups is 1. The van der Waals surface area contributed by atoms with E-state index in [9.17, 15) is 4.79 Å². The highest BCUT2D eigenvalue weighted by Crippen LogP contribution is 2.06. The lowest BCUT2D eigenvalue weighted by Crippen LogP contribution is -2.19. The van der Waals surface area contributed by atoms with Crippen molar-refractivity contribution in [1.82, 2.24) is 0 Å². The van der Waals surface area contributed by atoms with Gasteiger partial charge in [0.1, 0.15) is 6.61 Å². The van der Waals surface area contributed by atoms with E-state index in [4.69, 9.17) is 15.2 Å². The molecule has 4 heteroatoms. The van der Waals surface area contributed by atoms with Crippen molar-refractivity contribution >= 4 is 5.97 Å². The second-order valence-corrected chi connectivity index (χ2v) is 4.47. The van der Waals surface area contributed by atoms with E-state index < -0.39 is 0 Å². The summed E-state index contributed by atoms with van der Waals surface area (Å²) in [5.74, 6) is 0.300. The number of hydrogen-bond donors (Lipinski definition) is 1. The zero-order valence-electron chi connectivity index (χ0n) is 10.7. The maximum absolute atomic E-state index is 11.4. The highest BCUT2D eigenvalue weighted by atomic mass is 16.6. The predicted molar refractivity (Wildman–Crippen MR) is 64.1 cm³/mol. The standard InChI is InChI=1S/C12H25NO3/c1-10(2)9-15-7-8-16-12(14)11(3)5-4-6-13/h10-11H,4-9,13H2,1-3H3. The second kappa shape index (κ2) is 9.60. The van der Waals surface area contributed by atoms with Crippen LogP contribution in [0.15, 0.2) is 0 Å². The third-order valence-electron chi connectivity index (χ3n) is 2.17. The van der Waals surface area contributed by atoms with Gasteiger partial charge in [-0.1, -0.05) is 20.8 Å². The first kappa shape index (κ1) is 15.4. The van der Waals surface area contributed by atoms with Crippen molar-refractivity contribution in [3.63, 3.8) is 0 Å². The van der Waals surface area contributed by atoms with Gasteiger partial charge < -0.3 is 15.2 Å². The Morgan fingerprint density at radius 2 is 1.94 bits per heavy atom. The molecule has 0 aliphatic carbocycles. The van der Waals surface area contributed by atoms with Gasteiger partial charge in [0.05, 0.1) is 12.5 Å². The Hall–Kier alpha value is -0.610. The smallest absolute Gasteiger partial charge is 0.308 e. The quantitative estimate of drug-likeness (QED) is 0.483. The Kier molecular flexibility index (Phi) is 9.24. The van der Waals surface area contributed by atoms with Crippen LogP contribution in [0.25, 0.3) is 0 Å². The van der Waals surface area contributed by atoms with E-state index in [0.717, 1.165) is 12.8 Å². The van der Waals surface area contributed by atoms with Crippen LogP contribution in [0.5, 0.6) is 0 Å². The van der Waals surface area contributed by atoms with Gasteiger partial charge in [-0.15, -0.1) is 0 Å². The Bertz CT molecular complexity index is 183. The molecule has 0 aliphatic rings. The van der Waals surface area contributed by atoms with Crippen LogP contribution in [-0.4, -0.2) is 32.3 Å². The van der Waals surface area contributed by atoms with Gasteiger partial charge in [-0.3, -0.25) is 4.79 Å². The molecule has 0 heterocycles. The van der Waals surface area contributed by atoms with Crippen LogP contribution in [0.3, 0.4) is 0 Å². The van der Waals surface area contributed by atoms with Gasteiger partial charge in [-0.05, 0) is 25.3 Å². The van der Waals surface area contributed by atoms with Gasteiger partial charge in [0.25, 0.3) is 0 Å². The summed E-state index contributed by atoms with van der Waals surface area (Å²) in [4.78, 5) is 11.4. The summed E-state index contributed by atoms with van der Waals surface area (Å²) in [6, 6.07) is 0. The summed E-state index contributed by atoms with van der Waals surface area (Å²) in [5, 5.41) is 0. The van der Waals surface area contributed by atoms with Crippen LogP contribution >= 0.6 is 0 Å². The molecular formula is C12H25NO3. The molecule has 0 aromatic carbocycles. The third kappa shape index (κ3) is 8.68. The lowest BCUT2D eigenvalue weighted by molar-refractivity contribution is -0.149. The van der Waals surface area contributed by atoms with Crippen molar-refractivity contribution in [3.05, 3.63) is 0 Å². The minimum atomic E-state index is -0.151. The van der Waals surface area contributed by atoms with Crippen LogP contribution in [-0.2, 0) is 14.3 Å². The summed E-state index contributed by atoms with van der Waals surface area (Å²) >= 11 is 0. The van der Waals surface area contributed by atoms with E-state index in [0.29, 0.717) is 32.3 Å². The van der Waals surface area contributed by atoms with Crippen LogP contribution in [0, 0.1) is 11.8 Å². The van der Waals surface area contributed by atoms with Crippen molar-refractivity contribution in [3.8, 4) is 0 Å². The summed E-state index contributed by atoms with van der Waals surface area (Å²) in [6.45, 7) is 8.19. The molecule has 0 aromatic rings. The van der Waals surface area contributed by atoms with Crippen LogP contribution < -0.4 is 5.73 Å². The summed E-state index contributed by atoms with van der Waals surface area (Å²) < 4.78 is 10.4. The summed E-state index contributed by atoms with van der Waals surface area (Å²) in [5.41, 5.74) is 5.37. The highest BCUT2D eigenvalue weighted by molar-refractivity contribution is 5.71. The van der Waals surface area contributed by atoms with Gasteiger partial charge >= 0.3 is 5.97 Å². The van der Waals surface area contributed by atoms with E-state index in [1.165, 1.54) is 0 Å². The lowest BCUT2D eigenvalue weighted by atomic mass is 10.1. The number of rotatable bonds is 9. The number of ether oxygens (including phenoxy) is 2. The first-order chi connectivity index (χ1) is 7.57. The van der Waals surface area contributed by atoms with Crippen LogP contribution in [0.1, 0.15) is 33.6 Å². The normalized spacial score (nSPS) is 12.8. The fraction of sp³-hybridized carbons (Fsp3) is 0.917. The molecule has 0 fully saturated rings. The predicted octanol–water partition coefficient (Wildman–Crippen LogP) is 1.58. The van der Waals surface area contributed by atoms with Crippen molar-refractivity contribution in [2.24, 2.45) is 17.6 Å². The van der Waals surface area contributed by atoms with Crippen LogP contribution in [0.4, 0.5) is 0 Å². The molecular weight excluding hydrogens is 206 g/mol. The second-order valence-electron chi connectivity index (χ2n) is 4.47. The van der Waals surface area contributed by atoms with Gasteiger partial charge in [0.15, 0.2) is 0 Å². The average Bonchev–Trinajstić information content (AvgIpc) is 2.24. The van der Waals surface area contributed by atoms with E-state index in [1.54, 1.807) is 0 Å². The minimum absolute atomic E-state index is 0.0614. The Morgan fingerprint density at radius 1 is 1.25 bits per heavy atom. The first-order valence-electron chi connectivity index (χ1n) is 6.02. The maximum Gasteiger partial charge on any atom is 0.308 e. The third-order valence-corrected chi connectivity index (χ3v) is 2.17. The fourth-order valence-corrected chi connectivity index (χ4v) is 1.20. The number of nitrogens with two attached hydrogens (primary N) is 1. The molecule has 1 atom stereocenters. The molecule has 2 N–H and O–H groups in total. The van der Waals surface area contributed by atoms with E-state index in [-0.39, 0.29) is 11.9 Å². The van der Waals surface area contributed by atoms with Crippen LogP contribution in [0.2, 0.25) is 0 Å². The molecule has 0 radical (unpaired) electrons. The van der Waals surface area contributed by atoms with Crippen molar-refractivity contribution < 1.29 is 14.3 Å². The molecule has 96 valence electrons. The number of esters is 1. The molecule has 0 saturated carbocycles. The molecule has 0 amide bonds. The zero-order chi connectivity index (χ0) is 12.4. The molecule has 16 heavy (non-hydrogen) atoms. The molecule has 0 rings (SSSR count). The molecule has 0 spiro atoms. The van der Waals surface area contributed by atoms with Gasteiger partial charge in [-0.2, -0.15) is 0 Å². The SMILES string of the molecule is CC(C)COCCOC(=O)C(C)CCCN. The Morgan fingerprint density at radius 3 is 2.50 bits per heavy atom. The lowest BCUT2D eigenvalue weighted by Gasteiger charge is -2.11. The number of hydrogen-bond acceptors (Lipinski definition) is 4. The fourth-order valence-electron chi connectivity index (χ4n) is 1.20. The first-order valence-corrected chi connectivity index (χ1v) is 6.02. The van der Waals surface area contributed by atoms with E-state index in [1.807, 2.05) is 6.92 Å². The Labute approximate surface area is 98.5 Å². The van der Waals surface area contributed by atoms with Crippen molar-refractivity contribution in [1.29, 1.82) is 0 Å². The monoisotopic (exact) mass is 231 g/mol. The van der Waals surface area contributed by atoms with Crippen molar-refractivity contribution in [2.45, 2.75) is 33.6 Å². The average molecular weight is 231 g/mol. The largest absolute Gasteiger partial charge is 0.463 e. The number of carbonyl (C=O) groups excluding carboxylic acids is 1. The molecule has 4 nitrogen and oxygen atoms in total. The van der Waals surface area contributed by atoms with Gasteiger partial charge in [-0.25, -0.2) is 0 Å². The van der Waals surface area contributed by atoms with Gasteiger partial charge in [0, 0.05) is 6.61 Å². The summed E-state index contributed by atoms with van der Waals surface area (Å²) in [6.07, 6.45) is 1.66. The molecule has 1 unspecified atom stereocenters. The zero-order valence-corrected chi connectivity index (χ0v) is 10.7. The van der Waals surface area contributed by atoms with Crippen molar-refractivity contribution in [2.75, 3.05) is 26.4 Å². The van der Waals surface area contributed by atoms with E-state index in [2.05, 4.69) is 13.8 Å². The van der Waals surface area contributed by atoms with Gasteiger partial charge in [0.2, 0.25) is 0 Å². The molecule has 0 bridgehead atoms. The van der Waals surface area contributed by atoms with E-state index >= 15 is 0 Å². The molecule has 0 aromatic heterocycles. The topological polar surface area (TPSA) is 61.5 Å². The molecule has 0 aliphatic heterocycles. The molecule has 0 saturated heterocycles.